The Morgan fingerprint density at radius 1 is 0.905 bits per heavy atom. The normalized spacial score (nSPS) is 11.9. The third-order valence-electron chi connectivity index (χ3n) is 2.38. The molecule has 1 aromatic heterocycles. The second-order valence-electron chi connectivity index (χ2n) is 4.25. The molecule has 0 amide bonds. The van der Waals surface area contributed by atoms with Crippen LogP contribution in [-0.2, 0) is 20.0 Å². The molecule has 0 bridgehead atoms. The summed E-state index contributed by atoms with van der Waals surface area (Å²) in [7, 11) is -7.14. The van der Waals surface area contributed by atoms with Gasteiger partial charge >= 0.3 is 0 Å². The molecule has 0 aliphatic rings. The Labute approximate surface area is 123 Å². The molecule has 7 nitrogen and oxygen atoms in total. The van der Waals surface area contributed by atoms with E-state index in [1.54, 1.807) is 12.1 Å². The van der Waals surface area contributed by atoms with Gasteiger partial charge in [0.05, 0.1) is 23.0 Å². The van der Waals surface area contributed by atoms with Gasteiger partial charge in [-0.25, -0.2) is 16.8 Å². The fraction of sp³-hybridized carbons (Fsp3) is 0.0833. The van der Waals surface area contributed by atoms with Gasteiger partial charge in [0.25, 0.3) is 10.0 Å². The summed E-state index contributed by atoms with van der Waals surface area (Å²) < 4.78 is 51.0. The van der Waals surface area contributed by atoms with Crippen LogP contribution in [0.1, 0.15) is 0 Å². The minimum absolute atomic E-state index is 0.0189. The lowest BCUT2D eigenvalue weighted by atomic mass is 10.3. The Morgan fingerprint density at radius 2 is 1.57 bits per heavy atom. The maximum atomic E-state index is 12.1. The molecule has 0 aliphatic carbocycles. The van der Waals surface area contributed by atoms with E-state index in [1.807, 2.05) is 0 Å². The average Bonchev–Trinajstić information content (AvgIpc) is 2.38. The summed E-state index contributed by atoms with van der Waals surface area (Å²) in [5, 5.41) is 0. The number of hydrogen-bond donors (Lipinski definition) is 2. The number of rotatable bonds is 5. The van der Waals surface area contributed by atoms with E-state index in [4.69, 9.17) is 0 Å². The summed E-state index contributed by atoms with van der Waals surface area (Å²) in [4.78, 5) is 3.83. The highest BCUT2D eigenvalue weighted by Crippen LogP contribution is 2.18. The first-order valence-corrected chi connectivity index (χ1v) is 9.14. The van der Waals surface area contributed by atoms with Gasteiger partial charge in [-0.3, -0.25) is 14.4 Å². The summed E-state index contributed by atoms with van der Waals surface area (Å²) in [5.74, 6) is 0. The number of nitrogens with zero attached hydrogens (tertiary/aromatic N) is 1. The van der Waals surface area contributed by atoms with E-state index in [-0.39, 0.29) is 10.6 Å². The van der Waals surface area contributed by atoms with Gasteiger partial charge in [0.2, 0.25) is 10.0 Å². The van der Waals surface area contributed by atoms with Crippen LogP contribution in [0.2, 0.25) is 0 Å². The number of nitrogens with one attached hydrogen (secondary N) is 2. The minimum atomic E-state index is -3.74. The molecule has 0 fully saturated rings. The lowest BCUT2D eigenvalue weighted by Crippen LogP contribution is -2.13. The molecule has 0 radical (unpaired) electrons. The van der Waals surface area contributed by atoms with Crippen molar-refractivity contribution in [3.8, 4) is 0 Å². The van der Waals surface area contributed by atoms with Gasteiger partial charge in [-0.15, -0.1) is 0 Å². The summed E-state index contributed by atoms with van der Waals surface area (Å²) in [5.41, 5.74) is 0.633. The van der Waals surface area contributed by atoms with E-state index < -0.39 is 20.0 Å². The summed E-state index contributed by atoms with van der Waals surface area (Å²) in [6, 6.07) is 8.55. The monoisotopic (exact) mass is 327 g/mol. The van der Waals surface area contributed by atoms with Crippen molar-refractivity contribution in [2.75, 3.05) is 15.7 Å². The van der Waals surface area contributed by atoms with E-state index >= 15 is 0 Å². The molecular formula is C12H13N3O4S2. The second-order valence-corrected chi connectivity index (χ2v) is 7.68. The van der Waals surface area contributed by atoms with Crippen LogP contribution in [0.4, 0.5) is 11.4 Å². The molecule has 0 unspecified atom stereocenters. The van der Waals surface area contributed by atoms with Crippen LogP contribution >= 0.6 is 0 Å². The van der Waals surface area contributed by atoms with Crippen LogP contribution in [0.5, 0.6) is 0 Å². The molecule has 2 rings (SSSR count). The number of sulfonamides is 2. The van der Waals surface area contributed by atoms with Crippen molar-refractivity contribution < 1.29 is 16.8 Å². The highest BCUT2D eigenvalue weighted by Gasteiger charge is 2.14. The van der Waals surface area contributed by atoms with Crippen molar-refractivity contribution in [3.05, 3.63) is 48.8 Å². The quantitative estimate of drug-likeness (QED) is 0.860. The van der Waals surface area contributed by atoms with Crippen LogP contribution in [-0.4, -0.2) is 28.1 Å². The molecule has 112 valence electrons. The van der Waals surface area contributed by atoms with E-state index in [9.17, 15) is 16.8 Å². The van der Waals surface area contributed by atoms with Gasteiger partial charge in [-0.05, 0) is 36.4 Å². The average molecular weight is 327 g/mol. The molecule has 21 heavy (non-hydrogen) atoms. The smallest absolute Gasteiger partial charge is 0.261 e. The first kappa shape index (κ1) is 15.3. The van der Waals surface area contributed by atoms with Gasteiger partial charge in [0.1, 0.15) is 0 Å². The SMILES string of the molecule is CS(=O)(=O)Nc1ccc(S(=O)(=O)Nc2cccnc2)cc1. The lowest BCUT2D eigenvalue weighted by molar-refractivity contribution is 0.601. The highest BCUT2D eigenvalue weighted by atomic mass is 32.2. The predicted octanol–water partition coefficient (Wildman–Crippen LogP) is 1.25. The number of hydrogen-bond acceptors (Lipinski definition) is 5. The lowest BCUT2D eigenvalue weighted by Gasteiger charge is -2.08. The van der Waals surface area contributed by atoms with Crippen LogP contribution in [0.15, 0.2) is 53.7 Å². The van der Waals surface area contributed by atoms with Crippen LogP contribution in [0.3, 0.4) is 0 Å². The predicted molar refractivity (Wildman–Crippen MR) is 80.0 cm³/mol. The zero-order valence-electron chi connectivity index (χ0n) is 11.0. The number of anilines is 2. The van der Waals surface area contributed by atoms with Crippen molar-refractivity contribution in [2.45, 2.75) is 4.90 Å². The number of aromatic nitrogens is 1. The Hall–Kier alpha value is -2.13. The Bertz CT molecular complexity index is 817. The topological polar surface area (TPSA) is 105 Å². The molecule has 2 aromatic rings. The molecule has 0 spiro atoms. The molecule has 1 aromatic carbocycles. The Balaban J connectivity index is 2.21. The van der Waals surface area contributed by atoms with Crippen molar-refractivity contribution in [3.63, 3.8) is 0 Å². The zero-order valence-corrected chi connectivity index (χ0v) is 12.6. The summed E-state index contributed by atoms with van der Waals surface area (Å²) >= 11 is 0. The summed E-state index contributed by atoms with van der Waals surface area (Å²) in [6.07, 6.45) is 3.93. The zero-order chi connectivity index (χ0) is 15.5. The van der Waals surface area contributed by atoms with Crippen LogP contribution in [0, 0.1) is 0 Å². The van der Waals surface area contributed by atoms with E-state index in [2.05, 4.69) is 14.4 Å². The highest BCUT2D eigenvalue weighted by molar-refractivity contribution is 7.92. The van der Waals surface area contributed by atoms with Gasteiger partial charge < -0.3 is 0 Å². The van der Waals surface area contributed by atoms with Gasteiger partial charge in [0, 0.05) is 11.9 Å². The molecule has 0 aliphatic heterocycles. The van der Waals surface area contributed by atoms with Gasteiger partial charge in [0.15, 0.2) is 0 Å². The van der Waals surface area contributed by atoms with Gasteiger partial charge in [-0.2, -0.15) is 0 Å². The third-order valence-corrected chi connectivity index (χ3v) is 4.39. The standard InChI is InChI=1S/C12H13N3O4S2/c1-20(16,17)14-10-4-6-12(7-5-10)21(18,19)15-11-3-2-8-13-9-11/h2-9,14-15H,1H3. The Morgan fingerprint density at radius 3 is 2.10 bits per heavy atom. The Kier molecular flexibility index (Phi) is 4.14. The first-order chi connectivity index (χ1) is 9.76. The van der Waals surface area contributed by atoms with E-state index in [1.165, 1.54) is 36.7 Å². The molecule has 2 N–H and O–H groups in total. The van der Waals surface area contributed by atoms with Crippen molar-refractivity contribution in [2.24, 2.45) is 0 Å². The molecule has 9 heteroatoms. The largest absolute Gasteiger partial charge is 0.284 e. The van der Waals surface area contributed by atoms with Crippen molar-refractivity contribution >= 4 is 31.4 Å². The van der Waals surface area contributed by atoms with Crippen LogP contribution < -0.4 is 9.44 Å². The first-order valence-electron chi connectivity index (χ1n) is 5.77. The number of pyridine rings is 1. The maximum Gasteiger partial charge on any atom is 0.261 e. The molecule has 0 saturated heterocycles. The van der Waals surface area contributed by atoms with E-state index in [0.717, 1.165) is 6.26 Å². The van der Waals surface area contributed by atoms with Gasteiger partial charge in [-0.1, -0.05) is 0 Å². The fourth-order valence-corrected chi connectivity index (χ4v) is 3.16. The molecule has 0 saturated carbocycles. The molecule has 1 heterocycles. The molecule has 0 atom stereocenters. The fourth-order valence-electron chi connectivity index (χ4n) is 1.55. The van der Waals surface area contributed by atoms with Crippen molar-refractivity contribution in [1.29, 1.82) is 0 Å². The van der Waals surface area contributed by atoms with Crippen LogP contribution in [0.25, 0.3) is 0 Å². The van der Waals surface area contributed by atoms with Crippen molar-refractivity contribution in [1.82, 2.24) is 4.98 Å². The molecular weight excluding hydrogens is 314 g/mol. The number of benzene rings is 1. The third kappa shape index (κ3) is 4.43. The summed E-state index contributed by atoms with van der Waals surface area (Å²) in [6.45, 7) is 0. The minimum Gasteiger partial charge on any atom is -0.284 e. The second kappa shape index (κ2) is 5.70. The maximum absolute atomic E-state index is 12.1. The van der Waals surface area contributed by atoms with E-state index in [0.29, 0.717) is 5.69 Å².